The molecule has 0 aromatic heterocycles. The van der Waals surface area contributed by atoms with Gasteiger partial charge in [0.15, 0.2) is 0 Å². The zero-order valence-electron chi connectivity index (χ0n) is 11.4. The average molecular weight is 286 g/mol. The molecule has 0 bridgehead atoms. The van der Waals surface area contributed by atoms with Crippen molar-refractivity contribution in [3.05, 3.63) is 0 Å². The molecule has 1 atom stereocenters. The second-order valence-corrected chi connectivity index (χ2v) is 5.35. The molecular weight excluding hydrogens is 264 g/mol. The fraction of sp³-hybridized carbons (Fsp3) is 0.769. The van der Waals surface area contributed by atoms with Crippen molar-refractivity contribution < 1.29 is 24.6 Å². The summed E-state index contributed by atoms with van der Waals surface area (Å²) in [5.74, 6) is -2.97. The molecule has 20 heavy (non-hydrogen) atoms. The molecule has 1 amide bonds. The number of nitrogens with one attached hydrogen (secondary N) is 1. The van der Waals surface area contributed by atoms with E-state index in [0.29, 0.717) is 12.8 Å². The Bertz CT molecular complexity index is 375. The fourth-order valence-corrected chi connectivity index (χ4v) is 2.51. The highest BCUT2D eigenvalue weighted by atomic mass is 16.4. The second kappa shape index (κ2) is 7.23. The van der Waals surface area contributed by atoms with Crippen LogP contribution in [0, 0.1) is 0 Å². The van der Waals surface area contributed by atoms with E-state index in [9.17, 15) is 19.5 Å². The van der Waals surface area contributed by atoms with E-state index in [1.54, 1.807) is 0 Å². The lowest BCUT2D eigenvalue weighted by atomic mass is 9.83. The predicted octanol–water partition coefficient (Wildman–Crippen LogP) is 0.472. The van der Waals surface area contributed by atoms with Crippen molar-refractivity contribution >= 4 is 17.8 Å². The summed E-state index contributed by atoms with van der Waals surface area (Å²) in [4.78, 5) is 34.0. The summed E-state index contributed by atoms with van der Waals surface area (Å²) in [5, 5.41) is 20.5. The molecule has 0 saturated heterocycles. The third kappa shape index (κ3) is 4.48. The van der Waals surface area contributed by atoms with Crippen molar-refractivity contribution in [2.75, 3.05) is 0 Å². The van der Waals surface area contributed by atoms with Crippen LogP contribution in [-0.4, -0.2) is 39.6 Å². The van der Waals surface area contributed by atoms with Crippen molar-refractivity contribution in [2.45, 2.75) is 62.9 Å². The zero-order valence-corrected chi connectivity index (χ0v) is 11.4. The molecule has 0 aromatic rings. The van der Waals surface area contributed by atoms with E-state index < -0.39 is 35.8 Å². The summed E-state index contributed by atoms with van der Waals surface area (Å²) in [6, 6.07) is -1.23. The zero-order chi connectivity index (χ0) is 15.2. The molecule has 0 unspecified atom stereocenters. The number of carboxylic acids is 2. The highest BCUT2D eigenvalue weighted by Crippen LogP contribution is 2.27. The van der Waals surface area contributed by atoms with E-state index in [4.69, 9.17) is 10.8 Å². The van der Waals surface area contributed by atoms with Gasteiger partial charge in [0.2, 0.25) is 5.91 Å². The number of hydrogen-bond donors (Lipinski definition) is 4. The quantitative estimate of drug-likeness (QED) is 0.581. The Morgan fingerprint density at radius 2 is 1.55 bits per heavy atom. The van der Waals surface area contributed by atoms with Crippen LogP contribution in [0.3, 0.4) is 0 Å². The van der Waals surface area contributed by atoms with Gasteiger partial charge in [0, 0.05) is 0 Å². The van der Waals surface area contributed by atoms with E-state index in [0.717, 1.165) is 32.1 Å². The molecular formula is C13H22N2O5. The maximum absolute atomic E-state index is 11.9. The second-order valence-electron chi connectivity index (χ2n) is 5.35. The number of hydrogen-bond acceptors (Lipinski definition) is 4. The van der Waals surface area contributed by atoms with E-state index >= 15 is 0 Å². The van der Waals surface area contributed by atoms with Crippen molar-refractivity contribution in [1.29, 1.82) is 0 Å². The Kier molecular flexibility index (Phi) is 5.94. The molecule has 114 valence electrons. The maximum atomic E-state index is 11.9. The molecule has 1 fully saturated rings. The number of carbonyl (C=O) groups is 3. The lowest BCUT2D eigenvalue weighted by molar-refractivity contribution is -0.149. The first-order valence-electron chi connectivity index (χ1n) is 6.90. The number of nitrogens with two attached hydrogens (primary N) is 1. The fourth-order valence-electron chi connectivity index (χ4n) is 2.51. The van der Waals surface area contributed by atoms with E-state index in [2.05, 4.69) is 5.32 Å². The molecule has 1 aliphatic rings. The molecule has 0 aromatic carbocycles. The Morgan fingerprint density at radius 1 is 1.05 bits per heavy atom. The Hall–Kier alpha value is -1.63. The molecule has 7 nitrogen and oxygen atoms in total. The highest BCUT2D eigenvalue weighted by Gasteiger charge is 2.40. The molecule has 1 saturated carbocycles. The van der Waals surface area contributed by atoms with Crippen LogP contribution >= 0.6 is 0 Å². The minimum absolute atomic E-state index is 0.355. The maximum Gasteiger partial charge on any atom is 0.329 e. The van der Waals surface area contributed by atoms with Crippen LogP contribution in [-0.2, 0) is 14.4 Å². The molecule has 0 heterocycles. The van der Waals surface area contributed by atoms with Gasteiger partial charge in [-0.3, -0.25) is 9.59 Å². The van der Waals surface area contributed by atoms with Crippen LogP contribution in [0.2, 0.25) is 0 Å². The first kappa shape index (κ1) is 16.4. The van der Waals surface area contributed by atoms with Gasteiger partial charge in [0.1, 0.15) is 5.54 Å². The number of carbonyl (C=O) groups excluding carboxylic acids is 1. The van der Waals surface area contributed by atoms with Crippen LogP contribution in [0.15, 0.2) is 0 Å². The van der Waals surface area contributed by atoms with Gasteiger partial charge in [-0.15, -0.1) is 0 Å². The summed E-state index contributed by atoms with van der Waals surface area (Å²) in [7, 11) is 0. The summed E-state index contributed by atoms with van der Waals surface area (Å²) in [6.07, 6.45) is 4.59. The van der Waals surface area contributed by atoms with Gasteiger partial charge in [-0.2, -0.15) is 0 Å². The van der Waals surface area contributed by atoms with Crippen molar-refractivity contribution in [3.63, 3.8) is 0 Å². The van der Waals surface area contributed by atoms with Crippen molar-refractivity contribution in [3.8, 4) is 0 Å². The van der Waals surface area contributed by atoms with Gasteiger partial charge in [0.25, 0.3) is 0 Å². The van der Waals surface area contributed by atoms with E-state index in [1.165, 1.54) is 0 Å². The monoisotopic (exact) mass is 286 g/mol. The molecule has 1 aliphatic carbocycles. The first-order chi connectivity index (χ1) is 9.37. The molecule has 5 N–H and O–H groups in total. The third-order valence-corrected chi connectivity index (χ3v) is 3.71. The van der Waals surface area contributed by atoms with Crippen LogP contribution in [0.5, 0.6) is 0 Å². The van der Waals surface area contributed by atoms with Gasteiger partial charge in [-0.25, -0.2) is 4.79 Å². The highest BCUT2D eigenvalue weighted by molar-refractivity contribution is 5.91. The van der Waals surface area contributed by atoms with Gasteiger partial charge < -0.3 is 21.3 Å². The lowest BCUT2D eigenvalue weighted by Crippen LogP contribution is -2.58. The molecule has 1 rings (SSSR count). The molecule has 0 radical (unpaired) electrons. The minimum Gasteiger partial charge on any atom is -0.481 e. The predicted molar refractivity (Wildman–Crippen MR) is 71.1 cm³/mol. The van der Waals surface area contributed by atoms with Gasteiger partial charge >= 0.3 is 11.9 Å². The van der Waals surface area contributed by atoms with E-state index in [-0.39, 0.29) is 0 Å². The summed E-state index contributed by atoms with van der Waals surface area (Å²) < 4.78 is 0. The SMILES string of the molecule is N[C@@H](CC(=O)O)C(=O)NC1(C(=O)O)CCCCCCC1. The summed E-state index contributed by atoms with van der Waals surface area (Å²) in [5.41, 5.74) is 4.17. The van der Waals surface area contributed by atoms with Gasteiger partial charge in [-0.05, 0) is 12.8 Å². The smallest absolute Gasteiger partial charge is 0.329 e. The Morgan fingerprint density at radius 3 is 2.00 bits per heavy atom. The molecule has 0 aliphatic heterocycles. The lowest BCUT2D eigenvalue weighted by Gasteiger charge is -2.33. The Balaban J connectivity index is 2.76. The van der Waals surface area contributed by atoms with Crippen LogP contribution < -0.4 is 11.1 Å². The largest absolute Gasteiger partial charge is 0.481 e. The number of amides is 1. The summed E-state index contributed by atoms with van der Waals surface area (Å²) in [6.45, 7) is 0. The normalized spacial score (nSPS) is 20.2. The van der Waals surface area contributed by atoms with Gasteiger partial charge in [0.05, 0.1) is 12.5 Å². The van der Waals surface area contributed by atoms with Crippen LogP contribution in [0.1, 0.15) is 51.4 Å². The number of carboxylic acid groups (broad SMARTS) is 2. The molecule has 7 heteroatoms. The average Bonchev–Trinajstić information content (AvgIpc) is 2.31. The molecule has 0 spiro atoms. The van der Waals surface area contributed by atoms with E-state index in [1.807, 2.05) is 0 Å². The van der Waals surface area contributed by atoms with Crippen molar-refractivity contribution in [1.82, 2.24) is 5.32 Å². The third-order valence-electron chi connectivity index (χ3n) is 3.71. The minimum atomic E-state index is -1.31. The van der Waals surface area contributed by atoms with Crippen molar-refractivity contribution in [2.24, 2.45) is 5.73 Å². The van der Waals surface area contributed by atoms with Crippen LogP contribution in [0.4, 0.5) is 0 Å². The summed E-state index contributed by atoms with van der Waals surface area (Å²) >= 11 is 0. The first-order valence-corrected chi connectivity index (χ1v) is 6.90. The number of aliphatic carboxylic acids is 2. The topological polar surface area (TPSA) is 130 Å². The number of rotatable bonds is 5. The standard InChI is InChI=1S/C13H22N2O5/c14-9(8-10(16)17)11(18)15-13(12(19)20)6-4-2-1-3-5-7-13/h9H,1-8,14H2,(H,15,18)(H,16,17)(H,19,20)/t9-/m0/s1. The van der Waals surface area contributed by atoms with Crippen LogP contribution in [0.25, 0.3) is 0 Å². The van der Waals surface area contributed by atoms with Gasteiger partial charge in [-0.1, -0.05) is 32.1 Å². The Labute approximate surface area is 117 Å².